The van der Waals surface area contributed by atoms with Gasteiger partial charge < -0.3 is 10.1 Å². The molecule has 29 heavy (non-hydrogen) atoms. The number of aromatic nitrogens is 2. The molecule has 0 radical (unpaired) electrons. The Bertz CT molecular complexity index is 1180. The third-order valence-electron chi connectivity index (χ3n) is 4.23. The van der Waals surface area contributed by atoms with Crippen molar-refractivity contribution in [1.82, 2.24) is 14.5 Å². The summed E-state index contributed by atoms with van der Waals surface area (Å²) in [5.41, 5.74) is 1.59. The summed E-state index contributed by atoms with van der Waals surface area (Å²) in [5.74, 6) is -1.34. The van der Waals surface area contributed by atoms with Gasteiger partial charge in [-0.25, -0.2) is 17.5 Å². The number of ether oxygens (including phenoxy) is 1. The molecule has 1 heterocycles. The number of benzene rings is 2. The van der Waals surface area contributed by atoms with Crippen LogP contribution in [0.3, 0.4) is 0 Å². The summed E-state index contributed by atoms with van der Waals surface area (Å²) in [7, 11) is -0.799. The van der Waals surface area contributed by atoms with E-state index >= 15 is 0 Å². The van der Waals surface area contributed by atoms with Gasteiger partial charge in [-0.1, -0.05) is 24.3 Å². The molecule has 0 aliphatic heterocycles. The Labute approximate surface area is 167 Å². The lowest BCUT2D eigenvalue weighted by Gasteiger charge is -2.15. The Morgan fingerprint density at radius 2 is 1.90 bits per heavy atom. The van der Waals surface area contributed by atoms with Gasteiger partial charge in [0.15, 0.2) is 12.3 Å². The number of hydrogen-bond acceptors (Lipinski definition) is 6. The highest BCUT2D eigenvalue weighted by atomic mass is 32.2. The molecule has 0 atom stereocenters. The van der Waals surface area contributed by atoms with Gasteiger partial charge >= 0.3 is 5.97 Å². The molecule has 1 aromatic heterocycles. The Morgan fingerprint density at radius 3 is 2.62 bits per heavy atom. The second kappa shape index (κ2) is 8.02. The fourth-order valence-corrected chi connectivity index (χ4v) is 3.81. The highest BCUT2D eigenvalue weighted by molar-refractivity contribution is 7.89. The number of amides is 1. The zero-order chi connectivity index (χ0) is 21.2. The second-order valence-corrected chi connectivity index (χ2v) is 8.63. The van der Waals surface area contributed by atoms with Gasteiger partial charge in [-0.05, 0) is 30.7 Å². The molecule has 2 N–H and O–H groups in total. The molecule has 3 rings (SSSR count). The summed E-state index contributed by atoms with van der Waals surface area (Å²) in [6.45, 7) is 1.13. The molecular weight excluding hydrogens is 396 g/mol. The highest BCUT2D eigenvalue weighted by Crippen LogP contribution is 2.22. The van der Waals surface area contributed by atoms with Gasteiger partial charge in [-0.15, -0.1) is 0 Å². The van der Waals surface area contributed by atoms with Gasteiger partial charge in [0.05, 0.1) is 10.4 Å². The van der Waals surface area contributed by atoms with Gasteiger partial charge in [0.2, 0.25) is 10.0 Å². The Morgan fingerprint density at radius 1 is 1.17 bits per heavy atom. The first-order valence-corrected chi connectivity index (χ1v) is 10.1. The van der Waals surface area contributed by atoms with Gasteiger partial charge in [-0.3, -0.25) is 9.89 Å². The lowest BCUT2D eigenvalue weighted by molar-refractivity contribution is -0.119. The smallest absolute Gasteiger partial charge is 0.359 e. The molecule has 0 unspecified atom stereocenters. The van der Waals surface area contributed by atoms with Crippen molar-refractivity contribution in [3.05, 3.63) is 53.7 Å². The molecule has 0 aliphatic rings. The number of rotatable bonds is 6. The van der Waals surface area contributed by atoms with E-state index in [1.165, 1.54) is 20.2 Å². The summed E-state index contributed by atoms with van der Waals surface area (Å²) >= 11 is 0. The number of carbonyl (C=O) groups excluding carboxylic acids is 2. The van der Waals surface area contributed by atoms with Crippen LogP contribution in [0.2, 0.25) is 0 Å². The van der Waals surface area contributed by atoms with E-state index < -0.39 is 28.5 Å². The molecule has 0 spiro atoms. The first-order valence-electron chi connectivity index (χ1n) is 8.63. The number of aryl methyl sites for hydroxylation is 1. The maximum atomic E-state index is 12.4. The van der Waals surface area contributed by atoms with Crippen molar-refractivity contribution in [2.75, 3.05) is 26.0 Å². The van der Waals surface area contributed by atoms with E-state index in [2.05, 4.69) is 15.5 Å². The number of sulfonamides is 1. The van der Waals surface area contributed by atoms with Crippen LogP contribution in [-0.2, 0) is 19.6 Å². The number of nitrogens with one attached hydrogen (secondary N) is 2. The largest absolute Gasteiger partial charge is 0.451 e. The molecule has 0 bridgehead atoms. The first kappa shape index (κ1) is 20.5. The number of anilines is 1. The molecule has 0 fully saturated rings. The molecule has 3 aromatic rings. The van der Waals surface area contributed by atoms with Crippen molar-refractivity contribution >= 4 is 38.5 Å². The van der Waals surface area contributed by atoms with E-state index in [1.54, 1.807) is 43.3 Å². The molecular formula is C19H20N4O5S. The summed E-state index contributed by atoms with van der Waals surface area (Å²) in [4.78, 5) is 24.4. The van der Waals surface area contributed by atoms with Crippen LogP contribution in [0, 0.1) is 6.92 Å². The quantitative estimate of drug-likeness (QED) is 0.592. The third kappa shape index (κ3) is 4.28. The van der Waals surface area contributed by atoms with E-state index in [9.17, 15) is 18.0 Å². The molecule has 0 aliphatic carbocycles. The molecule has 2 aromatic carbocycles. The number of carbonyl (C=O) groups is 2. The van der Waals surface area contributed by atoms with E-state index in [0.29, 0.717) is 16.5 Å². The molecule has 10 heteroatoms. The van der Waals surface area contributed by atoms with Crippen molar-refractivity contribution in [2.24, 2.45) is 0 Å². The summed E-state index contributed by atoms with van der Waals surface area (Å²) < 4.78 is 30.9. The zero-order valence-corrected chi connectivity index (χ0v) is 16.9. The highest BCUT2D eigenvalue weighted by Gasteiger charge is 2.21. The minimum Gasteiger partial charge on any atom is -0.451 e. The number of aromatic amines is 1. The third-order valence-corrected chi connectivity index (χ3v) is 6.19. The average Bonchev–Trinajstić information content (AvgIpc) is 3.11. The van der Waals surface area contributed by atoms with Crippen LogP contribution in [0.5, 0.6) is 0 Å². The van der Waals surface area contributed by atoms with Crippen molar-refractivity contribution in [3.8, 4) is 0 Å². The minimum absolute atomic E-state index is 0.0836. The lowest BCUT2D eigenvalue weighted by Crippen LogP contribution is -2.24. The Balaban J connectivity index is 1.68. The number of para-hydroxylation sites is 1. The van der Waals surface area contributed by atoms with Crippen LogP contribution in [0.4, 0.5) is 5.69 Å². The maximum Gasteiger partial charge on any atom is 0.359 e. The summed E-state index contributed by atoms with van der Waals surface area (Å²) in [6, 6.07) is 11.6. The summed E-state index contributed by atoms with van der Waals surface area (Å²) in [5, 5.41) is 9.76. The fourth-order valence-electron chi connectivity index (χ4n) is 2.67. The monoisotopic (exact) mass is 416 g/mol. The fraction of sp³-hybridized carbons (Fsp3) is 0.211. The maximum absolute atomic E-state index is 12.4. The number of H-pyrrole nitrogens is 1. The second-order valence-electron chi connectivity index (χ2n) is 6.51. The summed E-state index contributed by atoms with van der Waals surface area (Å²) in [6.07, 6.45) is 0. The topological polar surface area (TPSA) is 121 Å². The molecule has 152 valence electrons. The molecule has 9 nitrogen and oxygen atoms in total. The SMILES string of the molecule is Cc1ccc(NC(=O)COC(=O)c2n[nH]c3ccccc23)cc1S(=O)(=O)N(C)C. The number of hydrogen-bond donors (Lipinski definition) is 2. The van der Waals surface area contributed by atoms with Crippen LogP contribution < -0.4 is 5.32 Å². The molecule has 0 saturated carbocycles. The zero-order valence-electron chi connectivity index (χ0n) is 16.1. The lowest BCUT2D eigenvalue weighted by atomic mass is 10.2. The predicted octanol–water partition coefficient (Wildman–Crippen LogP) is 1.92. The van der Waals surface area contributed by atoms with Gasteiger partial charge in [-0.2, -0.15) is 5.10 Å². The van der Waals surface area contributed by atoms with Crippen LogP contribution >= 0.6 is 0 Å². The van der Waals surface area contributed by atoms with E-state index in [-0.39, 0.29) is 16.3 Å². The molecule has 0 saturated heterocycles. The van der Waals surface area contributed by atoms with Crippen LogP contribution in [0.25, 0.3) is 10.9 Å². The number of nitrogens with zero attached hydrogens (tertiary/aromatic N) is 2. The van der Waals surface area contributed by atoms with Crippen molar-refractivity contribution in [1.29, 1.82) is 0 Å². The van der Waals surface area contributed by atoms with E-state index in [0.717, 1.165) is 4.31 Å². The molecule has 1 amide bonds. The standard InChI is InChI=1S/C19H20N4O5S/c1-12-8-9-13(10-16(12)29(26,27)23(2)3)20-17(24)11-28-19(25)18-14-6-4-5-7-15(14)21-22-18/h4-10H,11H2,1-3H3,(H,20,24)(H,21,22). The van der Waals surface area contributed by atoms with Crippen molar-refractivity contribution < 1.29 is 22.7 Å². The number of fused-ring (bicyclic) bond motifs is 1. The number of esters is 1. The van der Waals surface area contributed by atoms with Crippen LogP contribution in [0.1, 0.15) is 16.1 Å². The Hall–Kier alpha value is -3.24. The van der Waals surface area contributed by atoms with Crippen molar-refractivity contribution in [3.63, 3.8) is 0 Å². The predicted molar refractivity (Wildman–Crippen MR) is 107 cm³/mol. The Kier molecular flexibility index (Phi) is 5.66. The van der Waals surface area contributed by atoms with Gasteiger partial charge in [0, 0.05) is 25.2 Å². The van der Waals surface area contributed by atoms with Gasteiger partial charge in [0.1, 0.15) is 0 Å². The van der Waals surface area contributed by atoms with Crippen molar-refractivity contribution in [2.45, 2.75) is 11.8 Å². The minimum atomic E-state index is -3.66. The van der Waals surface area contributed by atoms with Gasteiger partial charge in [0.25, 0.3) is 5.91 Å². The van der Waals surface area contributed by atoms with E-state index in [1.807, 2.05) is 0 Å². The normalized spacial score (nSPS) is 11.6. The average molecular weight is 416 g/mol. The van der Waals surface area contributed by atoms with Crippen LogP contribution in [0.15, 0.2) is 47.4 Å². The van der Waals surface area contributed by atoms with Crippen LogP contribution in [-0.4, -0.2) is 55.5 Å². The van der Waals surface area contributed by atoms with E-state index in [4.69, 9.17) is 4.74 Å². The first-order chi connectivity index (χ1) is 13.7.